The first-order valence-corrected chi connectivity index (χ1v) is 7.05. The maximum Gasteiger partial charge on any atom is 0.0522 e. The zero-order valence-electron chi connectivity index (χ0n) is 11.5. The van der Waals surface area contributed by atoms with Crippen molar-refractivity contribution in [1.82, 2.24) is 9.78 Å². The molecule has 1 aromatic heterocycles. The molecular formula is C16H21N3. The van der Waals surface area contributed by atoms with Gasteiger partial charge in [-0.05, 0) is 49.3 Å². The largest absolute Gasteiger partial charge is 0.324 e. The highest BCUT2D eigenvalue weighted by atomic mass is 15.3. The number of nitrogens with zero attached hydrogens (tertiary/aromatic N) is 2. The minimum Gasteiger partial charge on any atom is -0.324 e. The summed E-state index contributed by atoms with van der Waals surface area (Å²) in [5.74, 6) is 0. The second-order valence-electron chi connectivity index (χ2n) is 5.69. The van der Waals surface area contributed by atoms with Gasteiger partial charge in [-0.2, -0.15) is 5.10 Å². The Morgan fingerprint density at radius 2 is 2.11 bits per heavy atom. The van der Waals surface area contributed by atoms with Crippen molar-refractivity contribution in [3.05, 3.63) is 53.3 Å². The van der Waals surface area contributed by atoms with Gasteiger partial charge in [0.15, 0.2) is 0 Å². The first-order valence-electron chi connectivity index (χ1n) is 7.05. The molecule has 1 heterocycles. The van der Waals surface area contributed by atoms with Crippen LogP contribution in [0.3, 0.4) is 0 Å². The van der Waals surface area contributed by atoms with Gasteiger partial charge in [-0.15, -0.1) is 0 Å². The van der Waals surface area contributed by atoms with Crippen molar-refractivity contribution in [2.75, 3.05) is 0 Å². The summed E-state index contributed by atoms with van der Waals surface area (Å²) in [5.41, 5.74) is 10.6. The van der Waals surface area contributed by atoms with Crippen molar-refractivity contribution < 1.29 is 0 Å². The second-order valence-corrected chi connectivity index (χ2v) is 5.69. The van der Waals surface area contributed by atoms with Crippen LogP contribution >= 0.6 is 0 Å². The molecule has 0 radical (unpaired) electrons. The topological polar surface area (TPSA) is 43.8 Å². The normalized spacial score (nSPS) is 22.2. The van der Waals surface area contributed by atoms with Gasteiger partial charge in [-0.1, -0.05) is 24.3 Å². The Morgan fingerprint density at radius 3 is 2.84 bits per heavy atom. The van der Waals surface area contributed by atoms with Crippen LogP contribution in [0.4, 0.5) is 0 Å². The van der Waals surface area contributed by atoms with Gasteiger partial charge < -0.3 is 5.73 Å². The molecule has 19 heavy (non-hydrogen) atoms. The van der Waals surface area contributed by atoms with Crippen molar-refractivity contribution in [1.29, 1.82) is 0 Å². The fourth-order valence-electron chi connectivity index (χ4n) is 3.05. The van der Waals surface area contributed by atoms with Gasteiger partial charge in [-0.3, -0.25) is 4.68 Å². The van der Waals surface area contributed by atoms with Gasteiger partial charge in [0.05, 0.1) is 6.20 Å². The molecule has 0 saturated heterocycles. The highest BCUT2D eigenvalue weighted by Gasteiger charge is 2.30. The molecule has 100 valence electrons. The Labute approximate surface area is 114 Å². The van der Waals surface area contributed by atoms with Gasteiger partial charge in [0.1, 0.15) is 0 Å². The number of hydrogen-bond acceptors (Lipinski definition) is 2. The summed E-state index contributed by atoms with van der Waals surface area (Å²) in [6, 6.07) is 8.67. The Morgan fingerprint density at radius 1 is 1.32 bits per heavy atom. The third-order valence-electron chi connectivity index (χ3n) is 4.12. The lowest BCUT2D eigenvalue weighted by Gasteiger charge is -2.34. The van der Waals surface area contributed by atoms with E-state index >= 15 is 0 Å². The monoisotopic (exact) mass is 255 g/mol. The van der Waals surface area contributed by atoms with Crippen LogP contribution in [0.25, 0.3) is 0 Å². The minimum atomic E-state index is -0.115. The number of benzene rings is 1. The van der Waals surface area contributed by atoms with Crippen LogP contribution in [-0.2, 0) is 25.8 Å². The zero-order valence-corrected chi connectivity index (χ0v) is 11.5. The smallest absolute Gasteiger partial charge is 0.0522 e. The molecule has 2 N–H and O–H groups in total. The van der Waals surface area contributed by atoms with Gasteiger partial charge >= 0.3 is 0 Å². The Bertz CT molecular complexity index is 573. The lowest BCUT2D eigenvalue weighted by Crippen LogP contribution is -2.47. The maximum atomic E-state index is 6.62. The highest BCUT2D eigenvalue weighted by Crippen LogP contribution is 2.29. The summed E-state index contributed by atoms with van der Waals surface area (Å²) in [4.78, 5) is 0. The van der Waals surface area contributed by atoms with Crippen LogP contribution in [0.5, 0.6) is 0 Å². The molecule has 0 bridgehead atoms. The Hall–Kier alpha value is -1.61. The molecule has 3 heteroatoms. The van der Waals surface area contributed by atoms with Gasteiger partial charge in [-0.25, -0.2) is 0 Å². The molecule has 3 nitrogen and oxygen atoms in total. The van der Waals surface area contributed by atoms with E-state index in [4.69, 9.17) is 5.73 Å². The average molecular weight is 255 g/mol. The molecular weight excluding hydrogens is 234 g/mol. The fourth-order valence-corrected chi connectivity index (χ4v) is 3.05. The van der Waals surface area contributed by atoms with Crippen molar-refractivity contribution in [2.24, 2.45) is 5.73 Å². The lowest BCUT2D eigenvalue weighted by atomic mass is 9.76. The lowest BCUT2D eigenvalue weighted by molar-refractivity contribution is 0.369. The molecule has 0 fully saturated rings. The Kier molecular flexibility index (Phi) is 3.15. The molecule has 1 atom stereocenters. The van der Waals surface area contributed by atoms with Gasteiger partial charge in [0.25, 0.3) is 0 Å². The Balaban J connectivity index is 1.78. The molecule has 1 unspecified atom stereocenters. The van der Waals surface area contributed by atoms with Crippen LogP contribution in [0.2, 0.25) is 0 Å². The molecule has 1 aliphatic carbocycles. The van der Waals surface area contributed by atoms with E-state index in [2.05, 4.69) is 42.5 Å². The fraction of sp³-hybridized carbons (Fsp3) is 0.438. The zero-order chi connectivity index (χ0) is 13.3. The van der Waals surface area contributed by atoms with E-state index in [9.17, 15) is 0 Å². The summed E-state index contributed by atoms with van der Waals surface area (Å²) in [6.07, 6.45) is 8.12. The number of rotatable bonds is 3. The number of nitrogens with two attached hydrogens (primary N) is 1. The van der Waals surface area contributed by atoms with Crippen molar-refractivity contribution in [3.63, 3.8) is 0 Å². The van der Waals surface area contributed by atoms with Gasteiger partial charge in [0, 0.05) is 18.3 Å². The van der Waals surface area contributed by atoms with E-state index in [1.165, 1.54) is 16.7 Å². The van der Waals surface area contributed by atoms with E-state index in [1.54, 1.807) is 0 Å². The van der Waals surface area contributed by atoms with Crippen LogP contribution in [0, 0.1) is 0 Å². The summed E-state index contributed by atoms with van der Waals surface area (Å²) < 4.78 is 1.97. The first kappa shape index (κ1) is 12.4. The quantitative estimate of drug-likeness (QED) is 0.914. The second kappa shape index (κ2) is 4.82. The molecule has 0 amide bonds. The number of hydrogen-bond donors (Lipinski definition) is 1. The summed E-state index contributed by atoms with van der Waals surface area (Å²) in [5, 5.41) is 4.34. The van der Waals surface area contributed by atoms with Crippen LogP contribution in [0.1, 0.15) is 30.0 Å². The van der Waals surface area contributed by atoms with E-state index in [-0.39, 0.29) is 5.54 Å². The molecule has 2 aromatic rings. The summed E-state index contributed by atoms with van der Waals surface area (Å²) in [7, 11) is 0. The molecule has 0 saturated carbocycles. The molecule has 1 aromatic carbocycles. The van der Waals surface area contributed by atoms with Gasteiger partial charge in [0.2, 0.25) is 0 Å². The SMILES string of the molecule is CCn1cc(CC2(N)CCc3ccccc3C2)cn1. The van der Waals surface area contributed by atoms with E-state index < -0.39 is 0 Å². The average Bonchev–Trinajstić information content (AvgIpc) is 2.85. The number of aromatic nitrogens is 2. The standard InChI is InChI=1S/C16H21N3/c1-2-19-12-13(11-18-19)9-16(17)8-7-14-5-3-4-6-15(14)10-16/h3-6,11-12H,2,7-10,17H2,1H3. The van der Waals surface area contributed by atoms with Crippen molar-refractivity contribution >= 4 is 0 Å². The van der Waals surface area contributed by atoms with Crippen molar-refractivity contribution in [2.45, 2.75) is 44.7 Å². The molecule has 0 aliphatic heterocycles. The maximum absolute atomic E-state index is 6.62. The minimum absolute atomic E-state index is 0.115. The van der Waals surface area contributed by atoms with Crippen LogP contribution in [0.15, 0.2) is 36.7 Å². The van der Waals surface area contributed by atoms with Crippen LogP contribution in [-0.4, -0.2) is 15.3 Å². The summed E-state index contributed by atoms with van der Waals surface area (Å²) in [6.45, 7) is 3.02. The number of aryl methyl sites for hydroxylation is 2. The van der Waals surface area contributed by atoms with Crippen molar-refractivity contribution in [3.8, 4) is 0 Å². The predicted octanol–water partition coefficient (Wildman–Crippen LogP) is 2.33. The summed E-state index contributed by atoms with van der Waals surface area (Å²) >= 11 is 0. The third-order valence-corrected chi connectivity index (χ3v) is 4.12. The highest BCUT2D eigenvalue weighted by molar-refractivity contribution is 5.32. The van der Waals surface area contributed by atoms with E-state index in [0.29, 0.717) is 0 Å². The molecule has 1 aliphatic rings. The van der Waals surface area contributed by atoms with E-state index in [0.717, 1.165) is 32.2 Å². The van der Waals surface area contributed by atoms with E-state index in [1.807, 2.05) is 10.9 Å². The first-order chi connectivity index (χ1) is 9.18. The molecule has 3 rings (SSSR count). The molecule has 0 spiro atoms. The number of fused-ring (bicyclic) bond motifs is 1. The van der Waals surface area contributed by atoms with Crippen LogP contribution < -0.4 is 5.73 Å². The predicted molar refractivity (Wildman–Crippen MR) is 77.0 cm³/mol. The third kappa shape index (κ3) is 2.56.